The molecule has 162 valence electrons. The molecule has 2 amide bonds. The number of rotatable bonds is 6. The SMILES string of the molecule is CC(C)COC(=O)N1CC[C@H](n2cc(C(N)=O)c(Nc3ccc(F)cc3)n2)[C@H](C)C1. The van der Waals surface area contributed by atoms with Gasteiger partial charge in [0.05, 0.1) is 12.6 Å². The lowest BCUT2D eigenvalue weighted by atomic mass is 9.94. The van der Waals surface area contributed by atoms with Crippen molar-refractivity contribution in [3.8, 4) is 0 Å². The number of amides is 2. The number of ether oxygens (including phenoxy) is 1. The Morgan fingerprint density at radius 3 is 2.63 bits per heavy atom. The number of likely N-dealkylation sites (tertiary alicyclic amines) is 1. The van der Waals surface area contributed by atoms with Gasteiger partial charge in [0.25, 0.3) is 5.91 Å². The Kier molecular flexibility index (Phi) is 6.59. The summed E-state index contributed by atoms with van der Waals surface area (Å²) < 4.78 is 20.2. The third-order valence-corrected chi connectivity index (χ3v) is 5.10. The molecule has 0 bridgehead atoms. The average Bonchev–Trinajstić information content (AvgIpc) is 3.11. The number of piperidine rings is 1. The highest BCUT2D eigenvalue weighted by Crippen LogP contribution is 2.30. The van der Waals surface area contributed by atoms with Crippen molar-refractivity contribution in [2.75, 3.05) is 25.0 Å². The highest BCUT2D eigenvalue weighted by atomic mass is 19.1. The van der Waals surface area contributed by atoms with Crippen molar-refractivity contribution in [1.82, 2.24) is 14.7 Å². The van der Waals surface area contributed by atoms with Crippen LogP contribution in [0.15, 0.2) is 30.5 Å². The van der Waals surface area contributed by atoms with Gasteiger partial charge in [0.15, 0.2) is 5.82 Å². The number of hydrogen-bond acceptors (Lipinski definition) is 5. The number of aromatic nitrogens is 2. The molecule has 3 rings (SSSR count). The number of nitrogens with two attached hydrogens (primary N) is 1. The molecule has 2 atom stereocenters. The van der Waals surface area contributed by atoms with Crippen LogP contribution in [0, 0.1) is 17.7 Å². The fraction of sp³-hybridized carbons (Fsp3) is 0.476. The Balaban J connectivity index is 1.72. The summed E-state index contributed by atoms with van der Waals surface area (Å²) in [6.45, 7) is 7.49. The van der Waals surface area contributed by atoms with Crippen LogP contribution in [-0.4, -0.2) is 46.4 Å². The largest absolute Gasteiger partial charge is 0.449 e. The molecular formula is C21H28FN5O3. The molecule has 9 heteroatoms. The van der Waals surface area contributed by atoms with Crippen LogP contribution in [0.2, 0.25) is 0 Å². The lowest BCUT2D eigenvalue weighted by Crippen LogP contribution is -2.44. The van der Waals surface area contributed by atoms with E-state index in [4.69, 9.17) is 10.5 Å². The molecule has 0 spiro atoms. The molecule has 30 heavy (non-hydrogen) atoms. The molecule has 0 saturated carbocycles. The number of anilines is 2. The zero-order valence-corrected chi connectivity index (χ0v) is 17.5. The van der Waals surface area contributed by atoms with Gasteiger partial charge < -0.3 is 20.7 Å². The fourth-order valence-electron chi connectivity index (χ4n) is 3.53. The molecule has 3 N–H and O–H groups in total. The van der Waals surface area contributed by atoms with E-state index in [0.29, 0.717) is 37.6 Å². The minimum Gasteiger partial charge on any atom is -0.449 e. The third-order valence-electron chi connectivity index (χ3n) is 5.10. The molecule has 8 nitrogen and oxygen atoms in total. The number of benzene rings is 1. The minimum absolute atomic E-state index is 0.000941. The van der Waals surface area contributed by atoms with Crippen molar-refractivity contribution in [3.63, 3.8) is 0 Å². The molecule has 1 fully saturated rings. The van der Waals surface area contributed by atoms with E-state index in [0.717, 1.165) is 0 Å². The summed E-state index contributed by atoms with van der Waals surface area (Å²) in [5, 5.41) is 7.55. The number of nitrogens with one attached hydrogen (secondary N) is 1. The molecule has 0 unspecified atom stereocenters. The third kappa shape index (κ3) is 5.08. The van der Waals surface area contributed by atoms with Gasteiger partial charge >= 0.3 is 6.09 Å². The lowest BCUT2D eigenvalue weighted by Gasteiger charge is -2.36. The van der Waals surface area contributed by atoms with Crippen molar-refractivity contribution >= 4 is 23.5 Å². The maximum Gasteiger partial charge on any atom is 0.409 e. The average molecular weight is 417 g/mol. The topological polar surface area (TPSA) is 102 Å². The summed E-state index contributed by atoms with van der Waals surface area (Å²) in [6, 6.07) is 5.76. The van der Waals surface area contributed by atoms with E-state index in [9.17, 15) is 14.0 Å². The molecule has 1 saturated heterocycles. The molecule has 2 aromatic rings. The van der Waals surface area contributed by atoms with E-state index in [1.165, 1.54) is 12.1 Å². The smallest absolute Gasteiger partial charge is 0.409 e. The second-order valence-corrected chi connectivity index (χ2v) is 8.12. The van der Waals surface area contributed by atoms with E-state index in [1.807, 2.05) is 20.8 Å². The van der Waals surface area contributed by atoms with Crippen LogP contribution >= 0.6 is 0 Å². The number of hydrogen-bond donors (Lipinski definition) is 2. The first-order valence-corrected chi connectivity index (χ1v) is 10.1. The first-order valence-electron chi connectivity index (χ1n) is 10.1. The van der Waals surface area contributed by atoms with Gasteiger partial charge in [0, 0.05) is 25.0 Å². The van der Waals surface area contributed by atoms with Crippen LogP contribution in [0.5, 0.6) is 0 Å². The maximum absolute atomic E-state index is 13.1. The summed E-state index contributed by atoms with van der Waals surface area (Å²) in [6.07, 6.45) is 2.00. The number of halogens is 1. The van der Waals surface area contributed by atoms with Gasteiger partial charge in [-0.05, 0) is 42.5 Å². The van der Waals surface area contributed by atoms with Crippen LogP contribution in [0.4, 0.5) is 20.7 Å². The Morgan fingerprint density at radius 2 is 2.03 bits per heavy atom. The van der Waals surface area contributed by atoms with Crippen LogP contribution in [0.25, 0.3) is 0 Å². The van der Waals surface area contributed by atoms with Crippen molar-refractivity contribution < 1.29 is 18.7 Å². The van der Waals surface area contributed by atoms with E-state index in [2.05, 4.69) is 10.4 Å². The van der Waals surface area contributed by atoms with E-state index >= 15 is 0 Å². The highest BCUT2D eigenvalue weighted by Gasteiger charge is 2.32. The quantitative estimate of drug-likeness (QED) is 0.748. The van der Waals surface area contributed by atoms with Gasteiger partial charge in [-0.1, -0.05) is 20.8 Å². The second kappa shape index (κ2) is 9.15. The van der Waals surface area contributed by atoms with Gasteiger partial charge in [-0.15, -0.1) is 0 Å². The fourth-order valence-corrected chi connectivity index (χ4v) is 3.53. The molecular weight excluding hydrogens is 389 g/mol. The number of carbonyl (C=O) groups is 2. The summed E-state index contributed by atoms with van der Waals surface area (Å²) in [7, 11) is 0. The van der Waals surface area contributed by atoms with Crippen molar-refractivity contribution in [2.24, 2.45) is 17.6 Å². The van der Waals surface area contributed by atoms with Crippen LogP contribution in [0.1, 0.15) is 43.6 Å². The van der Waals surface area contributed by atoms with Crippen LogP contribution < -0.4 is 11.1 Å². The minimum atomic E-state index is -0.604. The first-order chi connectivity index (χ1) is 14.2. The predicted octanol–water partition coefficient (Wildman–Crippen LogP) is 3.54. The zero-order chi connectivity index (χ0) is 21.8. The van der Waals surface area contributed by atoms with Gasteiger partial charge in [-0.25, -0.2) is 9.18 Å². The molecule has 2 heterocycles. The zero-order valence-electron chi connectivity index (χ0n) is 17.5. The van der Waals surface area contributed by atoms with Crippen LogP contribution in [0.3, 0.4) is 0 Å². The van der Waals surface area contributed by atoms with Crippen molar-refractivity contribution in [2.45, 2.75) is 33.2 Å². The van der Waals surface area contributed by atoms with Gasteiger partial charge in [0.2, 0.25) is 0 Å². The number of primary amides is 1. The summed E-state index contributed by atoms with van der Waals surface area (Å²) in [4.78, 5) is 25.9. The van der Waals surface area contributed by atoms with Crippen LogP contribution in [-0.2, 0) is 4.74 Å². The highest BCUT2D eigenvalue weighted by molar-refractivity contribution is 5.98. The Labute approximate surface area is 175 Å². The van der Waals surface area contributed by atoms with E-state index in [-0.39, 0.29) is 35.4 Å². The molecule has 0 radical (unpaired) electrons. The first kappa shape index (κ1) is 21.6. The predicted molar refractivity (Wildman–Crippen MR) is 111 cm³/mol. The molecule has 1 aromatic heterocycles. The Morgan fingerprint density at radius 1 is 1.33 bits per heavy atom. The summed E-state index contributed by atoms with van der Waals surface area (Å²) in [5.41, 5.74) is 6.38. The molecule has 1 aliphatic rings. The second-order valence-electron chi connectivity index (χ2n) is 8.12. The lowest BCUT2D eigenvalue weighted by molar-refractivity contribution is 0.0650. The molecule has 1 aromatic carbocycles. The summed E-state index contributed by atoms with van der Waals surface area (Å²) >= 11 is 0. The molecule has 1 aliphatic heterocycles. The Hall–Kier alpha value is -3.10. The van der Waals surface area contributed by atoms with Gasteiger partial charge in [-0.2, -0.15) is 5.10 Å². The van der Waals surface area contributed by atoms with Gasteiger partial charge in [0.1, 0.15) is 11.4 Å². The number of nitrogens with zero attached hydrogens (tertiary/aromatic N) is 3. The van der Waals surface area contributed by atoms with Crippen molar-refractivity contribution in [1.29, 1.82) is 0 Å². The van der Waals surface area contributed by atoms with E-state index < -0.39 is 5.91 Å². The normalized spacial score (nSPS) is 19.0. The monoisotopic (exact) mass is 417 g/mol. The van der Waals surface area contributed by atoms with Crippen molar-refractivity contribution in [3.05, 3.63) is 41.8 Å². The van der Waals surface area contributed by atoms with Gasteiger partial charge in [-0.3, -0.25) is 9.48 Å². The standard InChI is InChI=1S/C21H28FN5O3/c1-13(2)12-30-21(29)26-9-8-18(14(3)10-26)27-11-17(19(23)28)20(25-27)24-16-6-4-15(22)5-7-16/h4-7,11,13-14,18H,8-10,12H2,1-3H3,(H2,23,28)(H,24,25)/t14-,18+/m1/s1. The molecule has 0 aliphatic carbocycles. The Bertz CT molecular complexity index is 897. The number of carbonyl (C=O) groups excluding carboxylic acids is 2. The maximum atomic E-state index is 13.1. The summed E-state index contributed by atoms with van der Waals surface area (Å²) in [5.74, 6) is -0.251. The van der Waals surface area contributed by atoms with E-state index in [1.54, 1.807) is 27.9 Å².